The van der Waals surface area contributed by atoms with Gasteiger partial charge in [-0.05, 0) is 34.4 Å². The van der Waals surface area contributed by atoms with Crippen molar-refractivity contribution in [2.45, 2.75) is 6.42 Å². The van der Waals surface area contributed by atoms with E-state index in [4.69, 9.17) is 0 Å². The van der Waals surface area contributed by atoms with Crippen LogP contribution in [0.5, 0.6) is 0 Å². The van der Waals surface area contributed by atoms with Gasteiger partial charge in [0.2, 0.25) is 5.82 Å². The summed E-state index contributed by atoms with van der Waals surface area (Å²) < 4.78 is 0. The zero-order valence-corrected chi connectivity index (χ0v) is 12.1. The van der Waals surface area contributed by atoms with E-state index in [-0.39, 0.29) is 17.4 Å². The third-order valence-corrected chi connectivity index (χ3v) is 3.88. The van der Waals surface area contributed by atoms with Crippen molar-refractivity contribution in [1.29, 1.82) is 0 Å². The van der Waals surface area contributed by atoms with Gasteiger partial charge in [-0.1, -0.05) is 6.07 Å². The molecule has 0 unspecified atom stereocenters. The van der Waals surface area contributed by atoms with Crippen molar-refractivity contribution < 1.29 is 9.90 Å². The number of H-pyrrole nitrogens is 1. The van der Waals surface area contributed by atoms with Crippen LogP contribution in [0.15, 0.2) is 41.9 Å². The Balaban J connectivity index is 1.82. The zero-order valence-electron chi connectivity index (χ0n) is 11.3. The Kier molecular flexibility index (Phi) is 4.01. The lowest BCUT2D eigenvalue weighted by atomic mass is 10.1. The Morgan fingerprint density at radius 2 is 2.27 bits per heavy atom. The summed E-state index contributed by atoms with van der Waals surface area (Å²) in [6.45, 7) is 0. The smallest absolute Gasteiger partial charge is 0.239 e. The van der Waals surface area contributed by atoms with E-state index >= 15 is 0 Å². The molecule has 3 heterocycles. The van der Waals surface area contributed by atoms with Crippen molar-refractivity contribution in [3.63, 3.8) is 0 Å². The Labute approximate surface area is 129 Å². The van der Waals surface area contributed by atoms with Crippen LogP contribution in [0.25, 0.3) is 5.76 Å². The Hall–Kier alpha value is -2.87. The summed E-state index contributed by atoms with van der Waals surface area (Å²) in [6, 6.07) is 7.53. The third kappa shape index (κ3) is 3.07. The molecule has 2 N–H and O–H groups in total. The first-order valence-corrected chi connectivity index (χ1v) is 7.27. The highest BCUT2D eigenvalue weighted by atomic mass is 32.1. The molecule has 0 fully saturated rings. The molecule has 0 aliphatic carbocycles. The van der Waals surface area contributed by atoms with E-state index in [1.54, 1.807) is 6.20 Å². The number of ketones is 1. The van der Waals surface area contributed by atoms with Crippen LogP contribution in [0.2, 0.25) is 0 Å². The highest BCUT2D eigenvalue weighted by Crippen LogP contribution is 2.21. The quantitative estimate of drug-likeness (QED) is 0.424. The minimum Gasteiger partial charge on any atom is -0.504 e. The number of aromatic nitrogens is 5. The molecular formula is C14H11N5O2S. The number of thiophene rings is 1. The topological polar surface area (TPSA) is 105 Å². The number of aliphatic hydroxyl groups excluding tert-OH is 1. The van der Waals surface area contributed by atoms with E-state index in [2.05, 4.69) is 25.6 Å². The van der Waals surface area contributed by atoms with E-state index < -0.39 is 0 Å². The van der Waals surface area contributed by atoms with E-state index in [9.17, 15) is 9.90 Å². The van der Waals surface area contributed by atoms with Crippen LogP contribution in [0, 0.1) is 0 Å². The fourth-order valence-corrected chi connectivity index (χ4v) is 2.75. The van der Waals surface area contributed by atoms with Crippen molar-refractivity contribution in [2.24, 2.45) is 0 Å². The number of nitrogens with zero attached hydrogens (tertiary/aromatic N) is 4. The number of hydrogen-bond acceptors (Lipinski definition) is 7. The number of carbonyl (C=O) groups excluding carboxylic acids is 1. The number of nitrogens with one attached hydrogen (secondary N) is 1. The third-order valence-electron chi connectivity index (χ3n) is 2.91. The van der Waals surface area contributed by atoms with Crippen LogP contribution in [-0.4, -0.2) is 36.5 Å². The van der Waals surface area contributed by atoms with Crippen molar-refractivity contribution in [1.82, 2.24) is 25.6 Å². The van der Waals surface area contributed by atoms with Gasteiger partial charge < -0.3 is 5.11 Å². The predicted octanol–water partition coefficient (Wildman–Crippen LogP) is 2.03. The first kappa shape index (κ1) is 14.1. The molecule has 0 aliphatic heterocycles. The van der Waals surface area contributed by atoms with Gasteiger partial charge in [0.1, 0.15) is 0 Å². The summed E-state index contributed by atoms with van der Waals surface area (Å²) in [5, 5.41) is 24.4. The summed E-state index contributed by atoms with van der Waals surface area (Å²) >= 11 is 1.32. The SMILES string of the molecule is O=C(C=C(O)c1nn[nH]n1)c1sccc1Cc1ccccn1. The van der Waals surface area contributed by atoms with Gasteiger partial charge in [0.15, 0.2) is 11.5 Å². The van der Waals surface area contributed by atoms with E-state index in [0.717, 1.165) is 17.3 Å². The number of aromatic amines is 1. The lowest BCUT2D eigenvalue weighted by Crippen LogP contribution is -2.00. The fraction of sp³-hybridized carbons (Fsp3) is 0.0714. The molecule has 0 atom stereocenters. The van der Waals surface area contributed by atoms with Crippen LogP contribution in [0.3, 0.4) is 0 Å². The second kappa shape index (κ2) is 6.27. The maximum absolute atomic E-state index is 12.3. The van der Waals surface area contributed by atoms with Gasteiger partial charge in [0.25, 0.3) is 0 Å². The van der Waals surface area contributed by atoms with Gasteiger partial charge in [0, 0.05) is 24.4 Å². The standard InChI is InChI=1S/C14H11N5O2S/c20-11(8-12(21)14-16-18-19-17-14)13-9(4-6-22-13)7-10-3-1-2-5-15-10/h1-6,8,21H,7H2,(H,16,17,18,19). The molecule has 22 heavy (non-hydrogen) atoms. The highest BCUT2D eigenvalue weighted by Gasteiger charge is 2.15. The minimum atomic E-state index is -0.323. The number of rotatable bonds is 5. The molecule has 0 spiro atoms. The van der Waals surface area contributed by atoms with Crippen LogP contribution < -0.4 is 0 Å². The molecule has 0 aliphatic rings. The van der Waals surface area contributed by atoms with Gasteiger partial charge in [-0.3, -0.25) is 9.78 Å². The average molecular weight is 313 g/mol. The molecule has 3 rings (SSSR count). The maximum atomic E-state index is 12.3. The van der Waals surface area contributed by atoms with Crippen LogP contribution in [0.1, 0.15) is 26.8 Å². The van der Waals surface area contributed by atoms with Crippen LogP contribution >= 0.6 is 11.3 Å². The van der Waals surface area contributed by atoms with Crippen molar-refractivity contribution >= 4 is 22.9 Å². The number of pyridine rings is 1. The Morgan fingerprint density at radius 1 is 1.36 bits per heavy atom. The van der Waals surface area contributed by atoms with Crippen molar-refractivity contribution in [3.8, 4) is 0 Å². The molecular weight excluding hydrogens is 302 g/mol. The monoisotopic (exact) mass is 313 g/mol. The molecule has 0 radical (unpaired) electrons. The minimum absolute atomic E-state index is 0.0174. The Bertz CT molecular complexity index is 796. The lowest BCUT2D eigenvalue weighted by molar-refractivity contribution is 0.104. The van der Waals surface area contributed by atoms with Crippen molar-refractivity contribution in [2.75, 3.05) is 0 Å². The highest BCUT2D eigenvalue weighted by molar-refractivity contribution is 7.12. The second-order valence-corrected chi connectivity index (χ2v) is 5.32. The lowest BCUT2D eigenvalue weighted by Gasteiger charge is -2.01. The van der Waals surface area contributed by atoms with E-state index in [1.165, 1.54) is 11.3 Å². The zero-order chi connectivity index (χ0) is 15.4. The Morgan fingerprint density at radius 3 is 3.00 bits per heavy atom. The summed E-state index contributed by atoms with van der Waals surface area (Å²) in [6.07, 6.45) is 3.37. The number of aliphatic hydroxyl groups is 1. The van der Waals surface area contributed by atoms with Gasteiger partial charge in [-0.25, -0.2) is 0 Å². The average Bonchev–Trinajstić information content (AvgIpc) is 3.19. The molecule has 8 heteroatoms. The second-order valence-electron chi connectivity index (χ2n) is 4.40. The molecule has 0 amide bonds. The molecule has 110 valence electrons. The summed E-state index contributed by atoms with van der Waals surface area (Å²) in [5.74, 6) is -0.643. The molecule has 3 aromatic rings. The molecule has 0 saturated heterocycles. The number of tetrazole rings is 1. The summed E-state index contributed by atoms with van der Waals surface area (Å²) in [5.41, 5.74) is 1.74. The van der Waals surface area contributed by atoms with Crippen LogP contribution in [-0.2, 0) is 6.42 Å². The summed E-state index contributed by atoms with van der Waals surface area (Å²) in [7, 11) is 0. The molecule has 0 aromatic carbocycles. The van der Waals surface area contributed by atoms with Gasteiger partial charge in [0.05, 0.1) is 4.88 Å². The maximum Gasteiger partial charge on any atom is 0.239 e. The largest absolute Gasteiger partial charge is 0.504 e. The van der Waals surface area contributed by atoms with E-state index in [1.807, 2.05) is 29.6 Å². The molecule has 0 saturated carbocycles. The first-order chi connectivity index (χ1) is 10.7. The molecule has 3 aromatic heterocycles. The summed E-state index contributed by atoms with van der Waals surface area (Å²) in [4.78, 5) is 17.1. The van der Waals surface area contributed by atoms with E-state index in [0.29, 0.717) is 11.3 Å². The number of carbonyl (C=O) groups is 1. The predicted molar refractivity (Wildman–Crippen MR) is 80.5 cm³/mol. The number of allylic oxidation sites excluding steroid dienone is 1. The molecule has 0 bridgehead atoms. The van der Waals surface area contributed by atoms with Gasteiger partial charge in [-0.15, -0.1) is 21.5 Å². The first-order valence-electron chi connectivity index (χ1n) is 6.39. The van der Waals surface area contributed by atoms with Crippen LogP contribution in [0.4, 0.5) is 0 Å². The fourth-order valence-electron chi connectivity index (χ4n) is 1.91. The molecule has 7 nitrogen and oxygen atoms in total. The number of hydrogen-bond donors (Lipinski definition) is 2. The van der Waals surface area contributed by atoms with Gasteiger partial charge >= 0.3 is 0 Å². The normalized spacial score (nSPS) is 11.5. The van der Waals surface area contributed by atoms with Gasteiger partial charge in [-0.2, -0.15) is 5.21 Å². The van der Waals surface area contributed by atoms with Crippen molar-refractivity contribution in [3.05, 3.63) is 63.9 Å².